The first-order valence-corrected chi connectivity index (χ1v) is 5.77. The zero-order valence-corrected chi connectivity index (χ0v) is 11.0. The Morgan fingerprint density at radius 1 is 1.25 bits per heavy atom. The van der Waals surface area contributed by atoms with Gasteiger partial charge in [-0.1, -0.05) is 12.1 Å². The molecule has 1 aromatic heterocycles. The summed E-state index contributed by atoms with van der Waals surface area (Å²) in [6.45, 7) is 0. The molecule has 0 saturated carbocycles. The summed E-state index contributed by atoms with van der Waals surface area (Å²) in [6, 6.07) is 6.55. The summed E-state index contributed by atoms with van der Waals surface area (Å²) in [5, 5.41) is 0. The number of benzene rings is 1. The van der Waals surface area contributed by atoms with Gasteiger partial charge in [0.15, 0.2) is 0 Å². The third-order valence-electron chi connectivity index (χ3n) is 2.80. The van der Waals surface area contributed by atoms with E-state index in [1.54, 1.807) is 24.3 Å². The predicted molar refractivity (Wildman–Crippen MR) is 71.9 cm³/mol. The number of para-hydroxylation sites is 1. The van der Waals surface area contributed by atoms with E-state index in [1.165, 1.54) is 25.3 Å². The molecule has 0 saturated heterocycles. The van der Waals surface area contributed by atoms with Crippen molar-refractivity contribution in [1.29, 1.82) is 0 Å². The standard InChI is InChI=1S/C13H13N3O4/c1-16(11(17)9-7-14-13(19)15-9)10-6-4-3-5-8(10)12(18)20-2/h3-7H,1-2H3,(H2,14,15,19). The van der Waals surface area contributed by atoms with Gasteiger partial charge in [-0.15, -0.1) is 0 Å². The fraction of sp³-hybridized carbons (Fsp3) is 0.154. The number of imidazole rings is 1. The molecule has 0 spiro atoms. The van der Waals surface area contributed by atoms with E-state index in [1.807, 2.05) is 0 Å². The summed E-state index contributed by atoms with van der Waals surface area (Å²) in [7, 11) is 2.78. The number of H-pyrrole nitrogens is 2. The number of hydrogen-bond acceptors (Lipinski definition) is 4. The molecule has 0 aliphatic rings. The molecule has 1 heterocycles. The van der Waals surface area contributed by atoms with Crippen LogP contribution in [0.3, 0.4) is 0 Å². The molecule has 2 rings (SSSR count). The number of methoxy groups -OCH3 is 1. The monoisotopic (exact) mass is 275 g/mol. The number of carbonyl (C=O) groups excluding carboxylic acids is 2. The third-order valence-corrected chi connectivity index (χ3v) is 2.80. The quantitative estimate of drug-likeness (QED) is 0.809. The maximum Gasteiger partial charge on any atom is 0.339 e. The molecular formula is C13H13N3O4. The minimum Gasteiger partial charge on any atom is -0.465 e. The average molecular weight is 275 g/mol. The topological polar surface area (TPSA) is 95.3 Å². The van der Waals surface area contributed by atoms with Crippen molar-refractivity contribution in [2.24, 2.45) is 0 Å². The Morgan fingerprint density at radius 3 is 2.55 bits per heavy atom. The zero-order valence-electron chi connectivity index (χ0n) is 11.0. The smallest absolute Gasteiger partial charge is 0.339 e. The lowest BCUT2D eigenvalue weighted by Gasteiger charge is -2.18. The molecule has 0 radical (unpaired) electrons. The third kappa shape index (κ3) is 2.46. The molecule has 2 aromatic rings. The number of anilines is 1. The number of carbonyl (C=O) groups is 2. The first-order chi connectivity index (χ1) is 9.54. The first kappa shape index (κ1) is 13.6. The van der Waals surface area contributed by atoms with Crippen LogP contribution in [-0.2, 0) is 4.74 Å². The number of ether oxygens (including phenoxy) is 1. The molecule has 7 nitrogen and oxygen atoms in total. The number of nitrogens with zero attached hydrogens (tertiary/aromatic N) is 1. The van der Waals surface area contributed by atoms with Gasteiger partial charge < -0.3 is 19.6 Å². The molecular weight excluding hydrogens is 262 g/mol. The Hall–Kier alpha value is -2.83. The lowest BCUT2D eigenvalue weighted by molar-refractivity contribution is 0.0601. The van der Waals surface area contributed by atoms with Crippen LogP contribution in [0.4, 0.5) is 5.69 Å². The van der Waals surface area contributed by atoms with Gasteiger partial charge in [-0.3, -0.25) is 4.79 Å². The van der Waals surface area contributed by atoms with Crippen molar-refractivity contribution in [2.45, 2.75) is 0 Å². The van der Waals surface area contributed by atoms with E-state index in [0.717, 1.165) is 0 Å². The Balaban J connectivity index is 2.38. The van der Waals surface area contributed by atoms with Crippen LogP contribution in [0.15, 0.2) is 35.3 Å². The van der Waals surface area contributed by atoms with E-state index in [0.29, 0.717) is 5.69 Å². The molecule has 1 aromatic carbocycles. The highest BCUT2D eigenvalue weighted by Gasteiger charge is 2.20. The van der Waals surface area contributed by atoms with E-state index in [9.17, 15) is 14.4 Å². The Bertz CT molecular complexity index is 701. The van der Waals surface area contributed by atoms with Crippen LogP contribution < -0.4 is 10.6 Å². The van der Waals surface area contributed by atoms with Crippen molar-refractivity contribution in [1.82, 2.24) is 9.97 Å². The molecule has 2 N–H and O–H groups in total. The summed E-state index contributed by atoms with van der Waals surface area (Å²) in [6.07, 6.45) is 1.28. The minimum absolute atomic E-state index is 0.108. The molecule has 1 amide bonds. The van der Waals surface area contributed by atoms with Crippen LogP contribution in [0.2, 0.25) is 0 Å². The second-order valence-corrected chi connectivity index (χ2v) is 4.03. The highest BCUT2D eigenvalue weighted by molar-refractivity contribution is 6.08. The van der Waals surface area contributed by atoms with Gasteiger partial charge in [-0.25, -0.2) is 9.59 Å². The summed E-state index contributed by atoms with van der Waals surface area (Å²) in [4.78, 5) is 40.9. The maximum absolute atomic E-state index is 12.2. The van der Waals surface area contributed by atoms with Crippen molar-refractivity contribution in [3.05, 3.63) is 52.2 Å². The van der Waals surface area contributed by atoms with Crippen molar-refractivity contribution in [3.63, 3.8) is 0 Å². The summed E-state index contributed by atoms with van der Waals surface area (Å²) >= 11 is 0. The van der Waals surface area contributed by atoms with E-state index in [-0.39, 0.29) is 11.3 Å². The Labute approximate surface area is 114 Å². The number of nitrogens with one attached hydrogen (secondary N) is 2. The van der Waals surface area contributed by atoms with Crippen LogP contribution >= 0.6 is 0 Å². The van der Waals surface area contributed by atoms with Crippen LogP contribution in [0.25, 0.3) is 0 Å². The summed E-state index contributed by atoms with van der Waals surface area (Å²) in [5.74, 6) is -0.984. The van der Waals surface area contributed by atoms with Gasteiger partial charge in [0.25, 0.3) is 5.91 Å². The fourth-order valence-electron chi connectivity index (χ4n) is 1.79. The van der Waals surface area contributed by atoms with Crippen molar-refractivity contribution >= 4 is 17.6 Å². The number of aromatic nitrogens is 2. The minimum atomic E-state index is -0.539. The first-order valence-electron chi connectivity index (χ1n) is 5.77. The molecule has 0 unspecified atom stereocenters. The van der Waals surface area contributed by atoms with Gasteiger partial charge >= 0.3 is 11.7 Å². The van der Waals surface area contributed by atoms with Gasteiger partial charge in [0.05, 0.1) is 18.4 Å². The molecule has 104 valence electrons. The molecule has 0 fully saturated rings. The largest absolute Gasteiger partial charge is 0.465 e. The van der Waals surface area contributed by atoms with E-state index in [4.69, 9.17) is 0 Å². The summed E-state index contributed by atoms with van der Waals surface area (Å²) in [5.41, 5.74) is 0.301. The van der Waals surface area contributed by atoms with Gasteiger partial charge in [-0.05, 0) is 12.1 Å². The van der Waals surface area contributed by atoms with E-state index in [2.05, 4.69) is 14.7 Å². The van der Waals surface area contributed by atoms with Crippen LogP contribution in [-0.4, -0.2) is 36.0 Å². The number of aromatic amines is 2. The van der Waals surface area contributed by atoms with E-state index >= 15 is 0 Å². The van der Waals surface area contributed by atoms with Gasteiger partial charge in [0.1, 0.15) is 5.69 Å². The molecule has 20 heavy (non-hydrogen) atoms. The highest BCUT2D eigenvalue weighted by atomic mass is 16.5. The lowest BCUT2D eigenvalue weighted by Crippen LogP contribution is -2.28. The number of esters is 1. The Kier molecular flexibility index (Phi) is 3.69. The maximum atomic E-state index is 12.2. The Morgan fingerprint density at radius 2 is 1.95 bits per heavy atom. The zero-order chi connectivity index (χ0) is 14.7. The molecule has 0 aliphatic heterocycles. The highest BCUT2D eigenvalue weighted by Crippen LogP contribution is 2.21. The van der Waals surface area contributed by atoms with Gasteiger partial charge in [0.2, 0.25) is 0 Å². The second kappa shape index (κ2) is 5.43. The number of amides is 1. The van der Waals surface area contributed by atoms with Gasteiger partial charge in [-0.2, -0.15) is 0 Å². The number of rotatable bonds is 3. The lowest BCUT2D eigenvalue weighted by atomic mass is 10.1. The predicted octanol–water partition coefficient (Wildman–Crippen LogP) is 0.766. The average Bonchev–Trinajstić information content (AvgIpc) is 2.91. The molecule has 7 heteroatoms. The van der Waals surface area contributed by atoms with E-state index < -0.39 is 17.6 Å². The fourth-order valence-corrected chi connectivity index (χ4v) is 1.79. The van der Waals surface area contributed by atoms with Crippen LogP contribution in [0, 0.1) is 0 Å². The molecule has 0 aliphatic carbocycles. The van der Waals surface area contributed by atoms with Gasteiger partial charge in [0, 0.05) is 13.2 Å². The molecule has 0 atom stereocenters. The van der Waals surface area contributed by atoms with Crippen molar-refractivity contribution in [2.75, 3.05) is 19.1 Å². The van der Waals surface area contributed by atoms with Crippen molar-refractivity contribution < 1.29 is 14.3 Å². The van der Waals surface area contributed by atoms with Crippen LogP contribution in [0.5, 0.6) is 0 Å². The molecule has 0 bridgehead atoms. The second-order valence-electron chi connectivity index (χ2n) is 4.03. The number of hydrogen-bond donors (Lipinski definition) is 2. The SMILES string of the molecule is COC(=O)c1ccccc1N(C)C(=O)c1c[nH]c(=O)[nH]1. The summed E-state index contributed by atoms with van der Waals surface area (Å²) < 4.78 is 4.68. The normalized spacial score (nSPS) is 10.1. The van der Waals surface area contributed by atoms with Crippen molar-refractivity contribution in [3.8, 4) is 0 Å². The van der Waals surface area contributed by atoms with Crippen LogP contribution in [0.1, 0.15) is 20.8 Å².